The summed E-state index contributed by atoms with van der Waals surface area (Å²) in [5, 5.41) is 3.19. The Morgan fingerprint density at radius 3 is 2.35 bits per heavy atom. The number of piperazine rings is 1. The van der Waals surface area contributed by atoms with Gasteiger partial charge in [-0.05, 0) is 19.3 Å². The van der Waals surface area contributed by atoms with Crippen LogP contribution in [0.25, 0.3) is 0 Å². The minimum Gasteiger partial charge on any atom is -0.366 e. The maximum Gasteiger partial charge on any atom is 0.253 e. The Bertz CT molecular complexity index is 412. The summed E-state index contributed by atoms with van der Waals surface area (Å²) in [6.45, 7) is 7.23. The standard InChI is InChI=1S/C16H28N4O3/c21-15(19-5-2-1-3-6-19)13-18-7-9-20(10-8-18)16(22)14-12-17-4-11-23-14/h14,17H,1-13H2. The van der Waals surface area contributed by atoms with Crippen LogP contribution in [-0.2, 0) is 14.3 Å². The van der Waals surface area contributed by atoms with E-state index in [-0.39, 0.29) is 17.9 Å². The van der Waals surface area contributed by atoms with E-state index in [1.807, 2.05) is 9.80 Å². The van der Waals surface area contributed by atoms with E-state index in [0.717, 1.165) is 45.6 Å². The Labute approximate surface area is 137 Å². The van der Waals surface area contributed by atoms with Gasteiger partial charge in [0.1, 0.15) is 6.10 Å². The Balaban J connectivity index is 1.41. The number of rotatable bonds is 3. The molecule has 0 aromatic carbocycles. The van der Waals surface area contributed by atoms with Gasteiger partial charge in [0.25, 0.3) is 5.91 Å². The Kier molecular flexibility index (Phi) is 5.85. The number of nitrogens with one attached hydrogen (secondary N) is 1. The van der Waals surface area contributed by atoms with E-state index in [1.165, 1.54) is 6.42 Å². The summed E-state index contributed by atoms with van der Waals surface area (Å²) in [4.78, 5) is 30.7. The van der Waals surface area contributed by atoms with Crippen LogP contribution in [0, 0.1) is 0 Å². The topological polar surface area (TPSA) is 65.1 Å². The molecular weight excluding hydrogens is 296 g/mol. The van der Waals surface area contributed by atoms with E-state index < -0.39 is 0 Å². The number of hydrogen-bond acceptors (Lipinski definition) is 5. The van der Waals surface area contributed by atoms with Gasteiger partial charge in [-0.25, -0.2) is 0 Å². The quantitative estimate of drug-likeness (QED) is 0.731. The zero-order chi connectivity index (χ0) is 16.1. The largest absolute Gasteiger partial charge is 0.366 e. The Morgan fingerprint density at radius 1 is 0.957 bits per heavy atom. The van der Waals surface area contributed by atoms with Crippen molar-refractivity contribution in [2.24, 2.45) is 0 Å². The first-order valence-electron chi connectivity index (χ1n) is 8.85. The van der Waals surface area contributed by atoms with Crippen molar-refractivity contribution in [3.8, 4) is 0 Å². The molecule has 0 aromatic rings. The molecule has 0 aromatic heterocycles. The van der Waals surface area contributed by atoms with Gasteiger partial charge in [-0.15, -0.1) is 0 Å². The van der Waals surface area contributed by atoms with Gasteiger partial charge in [0, 0.05) is 52.4 Å². The third kappa shape index (κ3) is 4.43. The van der Waals surface area contributed by atoms with E-state index >= 15 is 0 Å². The second kappa shape index (κ2) is 8.08. The summed E-state index contributed by atoms with van der Waals surface area (Å²) in [5.74, 6) is 0.323. The van der Waals surface area contributed by atoms with Crippen LogP contribution in [0.1, 0.15) is 19.3 Å². The summed E-state index contributed by atoms with van der Waals surface area (Å²) in [6.07, 6.45) is 3.15. The van der Waals surface area contributed by atoms with Crippen LogP contribution in [0.2, 0.25) is 0 Å². The summed E-state index contributed by atoms with van der Waals surface area (Å²) in [7, 11) is 0. The fourth-order valence-electron chi connectivity index (χ4n) is 3.49. The van der Waals surface area contributed by atoms with Gasteiger partial charge < -0.3 is 19.9 Å². The first kappa shape index (κ1) is 16.7. The predicted molar refractivity (Wildman–Crippen MR) is 86.1 cm³/mol. The normalized spacial score (nSPS) is 27.0. The molecular formula is C16H28N4O3. The van der Waals surface area contributed by atoms with Crippen LogP contribution < -0.4 is 5.32 Å². The van der Waals surface area contributed by atoms with Crippen LogP contribution in [0.4, 0.5) is 0 Å². The molecule has 3 heterocycles. The first-order chi connectivity index (χ1) is 11.2. The van der Waals surface area contributed by atoms with Crippen molar-refractivity contribution >= 4 is 11.8 Å². The lowest BCUT2D eigenvalue weighted by Gasteiger charge is -2.37. The molecule has 3 saturated heterocycles. The number of carbonyl (C=O) groups is 2. The molecule has 0 aliphatic carbocycles. The molecule has 0 saturated carbocycles. The predicted octanol–water partition coefficient (Wildman–Crippen LogP) is -0.868. The summed E-state index contributed by atoms with van der Waals surface area (Å²) >= 11 is 0. The third-order valence-corrected chi connectivity index (χ3v) is 4.95. The zero-order valence-corrected chi connectivity index (χ0v) is 13.8. The second-order valence-electron chi connectivity index (χ2n) is 6.61. The smallest absolute Gasteiger partial charge is 0.253 e. The van der Waals surface area contributed by atoms with Gasteiger partial charge in [-0.2, -0.15) is 0 Å². The number of ether oxygens (including phenoxy) is 1. The van der Waals surface area contributed by atoms with E-state index in [9.17, 15) is 9.59 Å². The van der Waals surface area contributed by atoms with Gasteiger partial charge in [0.15, 0.2) is 0 Å². The molecule has 0 bridgehead atoms. The third-order valence-electron chi connectivity index (χ3n) is 4.95. The highest BCUT2D eigenvalue weighted by molar-refractivity contribution is 5.81. The lowest BCUT2D eigenvalue weighted by Crippen LogP contribution is -2.56. The van der Waals surface area contributed by atoms with Gasteiger partial charge in [-0.1, -0.05) is 0 Å². The highest BCUT2D eigenvalue weighted by atomic mass is 16.5. The summed E-state index contributed by atoms with van der Waals surface area (Å²) in [6, 6.07) is 0. The van der Waals surface area contributed by atoms with Crippen molar-refractivity contribution in [3.05, 3.63) is 0 Å². The van der Waals surface area contributed by atoms with Gasteiger partial charge >= 0.3 is 0 Å². The number of hydrogen-bond donors (Lipinski definition) is 1. The van der Waals surface area contributed by atoms with E-state index in [2.05, 4.69) is 10.2 Å². The zero-order valence-electron chi connectivity index (χ0n) is 13.8. The molecule has 23 heavy (non-hydrogen) atoms. The summed E-state index contributed by atoms with van der Waals surface area (Å²) in [5.41, 5.74) is 0. The van der Waals surface area contributed by atoms with E-state index in [0.29, 0.717) is 32.8 Å². The number of morpholine rings is 1. The Morgan fingerprint density at radius 2 is 1.70 bits per heavy atom. The van der Waals surface area contributed by atoms with Crippen molar-refractivity contribution in [1.29, 1.82) is 0 Å². The van der Waals surface area contributed by atoms with Crippen LogP contribution in [-0.4, -0.2) is 98.1 Å². The average Bonchev–Trinajstić information content (AvgIpc) is 2.63. The highest BCUT2D eigenvalue weighted by Gasteiger charge is 2.30. The van der Waals surface area contributed by atoms with Crippen molar-refractivity contribution in [1.82, 2.24) is 20.0 Å². The number of piperidine rings is 1. The Hall–Kier alpha value is -1.18. The second-order valence-corrected chi connectivity index (χ2v) is 6.61. The molecule has 2 amide bonds. The van der Waals surface area contributed by atoms with E-state index in [1.54, 1.807) is 0 Å². The fraction of sp³-hybridized carbons (Fsp3) is 0.875. The highest BCUT2D eigenvalue weighted by Crippen LogP contribution is 2.11. The molecule has 7 nitrogen and oxygen atoms in total. The maximum absolute atomic E-state index is 12.4. The molecule has 3 rings (SSSR count). The number of nitrogens with zero attached hydrogens (tertiary/aromatic N) is 3. The SMILES string of the molecule is O=C(CN1CCN(C(=O)C2CNCCO2)CC1)N1CCCCC1. The first-order valence-corrected chi connectivity index (χ1v) is 8.85. The van der Waals surface area contributed by atoms with Crippen LogP contribution in [0.5, 0.6) is 0 Å². The van der Waals surface area contributed by atoms with E-state index in [4.69, 9.17) is 4.74 Å². The van der Waals surface area contributed by atoms with Crippen molar-refractivity contribution in [3.63, 3.8) is 0 Å². The molecule has 7 heteroatoms. The molecule has 1 unspecified atom stereocenters. The molecule has 3 fully saturated rings. The minimum absolute atomic E-state index is 0.0826. The van der Waals surface area contributed by atoms with Crippen molar-refractivity contribution in [2.45, 2.75) is 25.4 Å². The molecule has 3 aliphatic rings. The number of likely N-dealkylation sites (tertiary alicyclic amines) is 1. The van der Waals surface area contributed by atoms with Crippen molar-refractivity contribution < 1.29 is 14.3 Å². The monoisotopic (exact) mass is 324 g/mol. The minimum atomic E-state index is -0.342. The molecule has 0 spiro atoms. The van der Waals surface area contributed by atoms with Gasteiger partial charge in [0.05, 0.1) is 13.2 Å². The lowest BCUT2D eigenvalue weighted by molar-refractivity contribution is -0.147. The van der Waals surface area contributed by atoms with Crippen LogP contribution in [0.15, 0.2) is 0 Å². The summed E-state index contributed by atoms with van der Waals surface area (Å²) < 4.78 is 5.54. The molecule has 1 N–H and O–H groups in total. The molecule has 1 atom stereocenters. The van der Waals surface area contributed by atoms with Crippen LogP contribution in [0.3, 0.4) is 0 Å². The van der Waals surface area contributed by atoms with Crippen LogP contribution >= 0.6 is 0 Å². The average molecular weight is 324 g/mol. The van der Waals surface area contributed by atoms with Gasteiger partial charge in [0.2, 0.25) is 5.91 Å². The van der Waals surface area contributed by atoms with Crippen molar-refractivity contribution in [2.75, 3.05) is 65.5 Å². The fourth-order valence-corrected chi connectivity index (χ4v) is 3.49. The molecule has 130 valence electrons. The lowest BCUT2D eigenvalue weighted by atomic mass is 10.1. The number of carbonyl (C=O) groups excluding carboxylic acids is 2. The molecule has 3 aliphatic heterocycles. The maximum atomic E-state index is 12.4. The van der Waals surface area contributed by atoms with Gasteiger partial charge in [-0.3, -0.25) is 14.5 Å². The molecule has 0 radical (unpaired) electrons. The number of amides is 2.